The van der Waals surface area contributed by atoms with Gasteiger partial charge in [0.15, 0.2) is 0 Å². The zero-order valence-corrected chi connectivity index (χ0v) is 53.9. The molecular weight excluding hydrogens is 903 g/mol. The van der Waals surface area contributed by atoms with Crippen LogP contribution in [0.1, 0.15) is 451 Å². The topological polar surface area (TPSA) is 0 Å². The summed E-state index contributed by atoms with van der Waals surface area (Å²) in [4.78, 5) is 0. The van der Waals surface area contributed by atoms with Crippen LogP contribution < -0.4 is 0 Å². The van der Waals surface area contributed by atoms with Gasteiger partial charge in [0.05, 0.1) is 26.2 Å². The zero-order chi connectivity index (χ0) is 54.0. The van der Waals surface area contributed by atoms with Crippen molar-refractivity contribution in [2.75, 3.05) is 26.2 Å². The summed E-state index contributed by atoms with van der Waals surface area (Å²) in [5, 5.41) is 0. The minimum atomic E-state index is 1.37. The molecule has 0 fully saturated rings. The molecule has 75 heavy (non-hydrogen) atoms. The summed E-state index contributed by atoms with van der Waals surface area (Å²) in [6.07, 6.45) is 97.7. The van der Waals surface area contributed by atoms with E-state index in [0.717, 1.165) is 0 Å². The number of nitrogens with zero attached hydrogens (tertiary/aromatic N) is 1. The van der Waals surface area contributed by atoms with Crippen molar-refractivity contribution in [3.63, 3.8) is 0 Å². The molecule has 0 heterocycles. The molecule has 0 radical (unpaired) electrons. The van der Waals surface area contributed by atoms with Crippen LogP contribution in [-0.2, 0) is 0 Å². The van der Waals surface area contributed by atoms with E-state index in [1.165, 1.54) is 454 Å². The number of hydrogen-bond acceptors (Lipinski definition) is 0. The summed E-state index contributed by atoms with van der Waals surface area (Å²) in [6.45, 7) is 15.3. The van der Waals surface area contributed by atoms with Gasteiger partial charge in [-0.3, -0.25) is 0 Å². The van der Waals surface area contributed by atoms with Crippen LogP contribution in [0.15, 0.2) is 0 Å². The standard InChI is InChI=1S/C74H152N/c1-5-9-13-17-21-25-29-33-37-40-44-48-52-56-60-64-68-72-75(71-67-63-59-55-51-47-43-36-32-28-24-20-16-12-8-4,73-69-65-61-57-53-49-45-41-38-34-30-26-22-18-14-10-6-2)74-70-66-62-58-54-50-46-42-39-35-31-27-23-19-15-11-7-3/h5-74H2,1-4H3/q+1. The Balaban J connectivity index is 4.96. The first kappa shape index (κ1) is 75.0. The van der Waals surface area contributed by atoms with Crippen molar-refractivity contribution in [2.24, 2.45) is 0 Å². The highest BCUT2D eigenvalue weighted by Gasteiger charge is 2.26. The fourth-order valence-corrected chi connectivity index (χ4v) is 13.0. The van der Waals surface area contributed by atoms with Gasteiger partial charge in [-0.2, -0.15) is 0 Å². The monoisotopic (exact) mass is 1060 g/mol. The Hall–Kier alpha value is -0.0400. The molecule has 0 atom stereocenters. The van der Waals surface area contributed by atoms with Crippen molar-refractivity contribution >= 4 is 0 Å². The largest absolute Gasteiger partial charge is 0.324 e. The second kappa shape index (κ2) is 68.2. The van der Waals surface area contributed by atoms with Crippen LogP contribution in [0, 0.1) is 0 Å². The van der Waals surface area contributed by atoms with Crippen molar-refractivity contribution in [2.45, 2.75) is 451 Å². The van der Waals surface area contributed by atoms with Crippen molar-refractivity contribution in [1.29, 1.82) is 0 Å². The molecule has 0 aliphatic heterocycles. The molecule has 452 valence electrons. The van der Waals surface area contributed by atoms with Crippen molar-refractivity contribution in [3.05, 3.63) is 0 Å². The van der Waals surface area contributed by atoms with Crippen LogP contribution in [0.3, 0.4) is 0 Å². The SMILES string of the molecule is CCCCCCCCCCCCCCCCCCC[N+](CCCCCCCCCCCCCCCCC)(CCCCCCCCCCCCCCCCCCC)CCCCCCCCCCCCCCCCCCC. The number of hydrogen-bond donors (Lipinski definition) is 0. The Morgan fingerprint density at radius 1 is 0.107 bits per heavy atom. The van der Waals surface area contributed by atoms with E-state index in [1.54, 1.807) is 0 Å². The molecule has 1 nitrogen and oxygen atoms in total. The summed E-state index contributed by atoms with van der Waals surface area (Å²) in [6, 6.07) is 0. The van der Waals surface area contributed by atoms with Gasteiger partial charge in [0.2, 0.25) is 0 Å². The van der Waals surface area contributed by atoms with Gasteiger partial charge in [0.25, 0.3) is 0 Å². The maximum atomic E-state index is 2.34. The lowest BCUT2D eigenvalue weighted by Crippen LogP contribution is -2.50. The summed E-state index contributed by atoms with van der Waals surface area (Å²) in [7, 11) is 0. The Morgan fingerprint density at radius 3 is 0.280 bits per heavy atom. The molecule has 0 aliphatic rings. The van der Waals surface area contributed by atoms with Crippen LogP contribution in [0.2, 0.25) is 0 Å². The average Bonchev–Trinajstić information content (AvgIpc) is 3.42. The molecule has 0 saturated heterocycles. The molecule has 0 aliphatic carbocycles. The van der Waals surface area contributed by atoms with Gasteiger partial charge >= 0.3 is 0 Å². The smallest absolute Gasteiger partial charge is 0.0786 e. The maximum absolute atomic E-state index is 2.34. The van der Waals surface area contributed by atoms with E-state index in [-0.39, 0.29) is 0 Å². The molecule has 0 N–H and O–H groups in total. The number of unbranched alkanes of at least 4 members (excludes halogenated alkanes) is 62. The zero-order valence-electron chi connectivity index (χ0n) is 53.9. The molecule has 0 unspecified atom stereocenters. The van der Waals surface area contributed by atoms with Gasteiger partial charge in [0, 0.05) is 0 Å². The molecule has 0 aromatic carbocycles. The van der Waals surface area contributed by atoms with Crippen LogP contribution in [-0.4, -0.2) is 30.7 Å². The van der Waals surface area contributed by atoms with E-state index in [2.05, 4.69) is 27.7 Å². The Bertz CT molecular complexity index is 862. The lowest BCUT2D eigenvalue weighted by molar-refractivity contribution is -0.929. The first-order valence-electron chi connectivity index (χ1n) is 37.1. The molecule has 0 aromatic rings. The summed E-state index contributed by atoms with van der Waals surface area (Å²) in [5.74, 6) is 0. The van der Waals surface area contributed by atoms with Gasteiger partial charge in [-0.25, -0.2) is 0 Å². The Morgan fingerprint density at radius 2 is 0.187 bits per heavy atom. The molecular formula is C74H152N+. The Labute approximate surface area is 479 Å². The van der Waals surface area contributed by atoms with E-state index in [9.17, 15) is 0 Å². The third-order valence-electron chi connectivity index (χ3n) is 18.4. The van der Waals surface area contributed by atoms with Crippen LogP contribution in [0.4, 0.5) is 0 Å². The highest BCUT2D eigenvalue weighted by molar-refractivity contribution is 4.58. The predicted octanol–water partition coefficient (Wildman–Crippen LogP) is 27.6. The van der Waals surface area contributed by atoms with Gasteiger partial charge in [-0.05, 0) is 51.4 Å². The molecule has 0 aromatic heterocycles. The second-order valence-corrected chi connectivity index (χ2v) is 26.2. The van der Waals surface area contributed by atoms with E-state index in [4.69, 9.17) is 0 Å². The summed E-state index contributed by atoms with van der Waals surface area (Å²) < 4.78 is 1.49. The Kier molecular flexibility index (Phi) is 68.2. The fourth-order valence-electron chi connectivity index (χ4n) is 13.0. The second-order valence-electron chi connectivity index (χ2n) is 26.2. The van der Waals surface area contributed by atoms with Crippen molar-refractivity contribution in [1.82, 2.24) is 0 Å². The maximum Gasteiger partial charge on any atom is 0.0786 e. The quantitative estimate of drug-likeness (QED) is 0.0421. The molecule has 0 saturated carbocycles. The van der Waals surface area contributed by atoms with Gasteiger partial charge < -0.3 is 4.48 Å². The lowest BCUT2D eigenvalue weighted by Gasteiger charge is -2.40. The molecule has 0 spiro atoms. The molecule has 0 bridgehead atoms. The van der Waals surface area contributed by atoms with Gasteiger partial charge in [-0.15, -0.1) is 0 Å². The average molecular weight is 1060 g/mol. The number of quaternary nitrogens is 1. The minimum absolute atomic E-state index is 1.37. The van der Waals surface area contributed by atoms with Crippen LogP contribution in [0.5, 0.6) is 0 Å². The van der Waals surface area contributed by atoms with E-state index >= 15 is 0 Å². The molecule has 0 rings (SSSR count). The molecule has 0 amide bonds. The fraction of sp³-hybridized carbons (Fsp3) is 1.00. The van der Waals surface area contributed by atoms with E-state index in [0.29, 0.717) is 0 Å². The highest BCUT2D eigenvalue weighted by Crippen LogP contribution is 2.23. The highest BCUT2D eigenvalue weighted by atomic mass is 15.3. The molecule has 1 heteroatoms. The summed E-state index contributed by atoms with van der Waals surface area (Å²) >= 11 is 0. The summed E-state index contributed by atoms with van der Waals surface area (Å²) in [5.41, 5.74) is 0. The van der Waals surface area contributed by atoms with Crippen LogP contribution in [0.25, 0.3) is 0 Å². The first-order valence-corrected chi connectivity index (χ1v) is 37.1. The third-order valence-corrected chi connectivity index (χ3v) is 18.4. The van der Waals surface area contributed by atoms with E-state index < -0.39 is 0 Å². The third kappa shape index (κ3) is 63.0. The van der Waals surface area contributed by atoms with Crippen molar-refractivity contribution in [3.8, 4) is 0 Å². The van der Waals surface area contributed by atoms with Gasteiger partial charge in [0.1, 0.15) is 0 Å². The van der Waals surface area contributed by atoms with E-state index in [1.807, 2.05) is 0 Å². The minimum Gasteiger partial charge on any atom is -0.324 e. The number of rotatable bonds is 70. The lowest BCUT2D eigenvalue weighted by atomic mass is 10.0. The normalized spacial score (nSPS) is 12.0. The predicted molar refractivity (Wildman–Crippen MR) is 347 cm³/mol. The van der Waals surface area contributed by atoms with Crippen molar-refractivity contribution < 1.29 is 4.48 Å². The van der Waals surface area contributed by atoms with Crippen LogP contribution >= 0.6 is 0 Å². The first-order chi connectivity index (χ1) is 37.2. The van der Waals surface area contributed by atoms with Gasteiger partial charge in [-0.1, -0.05) is 400 Å².